The van der Waals surface area contributed by atoms with E-state index in [9.17, 15) is 4.79 Å². The molecule has 18 heavy (non-hydrogen) atoms. The third-order valence-electron chi connectivity index (χ3n) is 2.38. The number of nitrogens with two attached hydrogens (primary N) is 1. The number of nitrogens with one attached hydrogen (secondary N) is 1. The van der Waals surface area contributed by atoms with Crippen LogP contribution in [0.15, 0.2) is 28.7 Å². The first-order valence-electron chi connectivity index (χ1n) is 5.94. The van der Waals surface area contributed by atoms with Gasteiger partial charge in [0.1, 0.15) is 5.75 Å². The molecule has 2 unspecified atom stereocenters. The summed E-state index contributed by atoms with van der Waals surface area (Å²) in [7, 11) is 0. The molecule has 2 atom stereocenters. The lowest BCUT2D eigenvalue weighted by Gasteiger charge is -2.15. The molecule has 1 rings (SSSR count). The van der Waals surface area contributed by atoms with Crippen molar-refractivity contribution in [3.63, 3.8) is 0 Å². The Hall–Kier alpha value is -1.07. The van der Waals surface area contributed by atoms with Crippen LogP contribution in [0.25, 0.3) is 0 Å². The summed E-state index contributed by atoms with van der Waals surface area (Å²) in [4.78, 5) is 11.7. The number of hydrogen-bond acceptors (Lipinski definition) is 3. The Bertz CT molecular complexity index is 396. The first-order valence-corrected chi connectivity index (χ1v) is 6.74. The molecule has 3 N–H and O–H groups in total. The summed E-state index contributed by atoms with van der Waals surface area (Å²) in [6, 6.07) is 7.49. The second kappa shape index (κ2) is 7.38. The van der Waals surface area contributed by atoms with Crippen molar-refractivity contribution in [2.45, 2.75) is 32.4 Å². The fourth-order valence-corrected chi connectivity index (χ4v) is 1.74. The molecule has 1 aromatic carbocycles. The van der Waals surface area contributed by atoms with Gasteiger partial charge in [0, 0.05) is 17.1 Å². The molecule has 0 heterocycles. The lowest BCUT2D eigenvalue weighted by molar-refractivity contribution is -0.127. The van der Waals surface area contributed by atoms with E-state index in [1.165, 1.54) is 0 Å². The van der Waals surface area contributed by atoms with E-state index < -0.39 is 6.10 Å². The second-order valence-electron chi connectivity index (χ2n) is 4.27. The van der Waals surface area contributed by atoms with Gasteiger partial charge in [0.25, 0.3) is 5.91 Å². The summed E-state index contributed by atoms with van der Waals surface area (Å²) in [6.45, 7) is 4.21. The minimum atomic E-state index is -0.521. The van der Waals surface area contributed by atoms with Gasteiger partial charge in [-0.1, -0.05) is 22.0 Å². The first kappa shape index (κ1) is 15.0. The van der Waals surface area contributed by atoms with Gasteiger partial charge in [-0.2, -0.15) is 0 Å². The number of halogens is 1. The highest BCUT2D eigenvalue weighted by Crippen LogP contribution is 2.18. The van der Waals surface area contributed by atoms with E-state index in [1.54, 1.807) is 6.92 Å². The number of benzene rings is 1. The molecule has 5 heteroatoms. The second-order valence-corrected chi connectivity index (χ2v) is 5.19. The molecule has 1 aromatic rings. The molecule has 0 spiro atoms. The van der Waals surface area contributed by atoms with Crippen molar-refractivity contribution < 1.29 is 9.53 Å². The van der Waals surface area contributed by atoms with E-state index in [0.29, 0.717) is 12.3 Å². The zero-order valence-electron chi connectivity index (χ0n) is 10.7. The Labute approximate surface area is 116 Å². The van der Waals surface area contributed by atoms with Crippen LogP contribution in [0.3, 0.4) is 0 Å². The normalized spacial score (nSPS) is 13.8. The van der Waals surface area contributed by atoms with Crippen molar-refractivity contribution in [1.82, 2.24) is 5.32 Å². The van der Waals surface area contributed by atoms with Gasteiger partial charge in [-0.25, -0.2) is 0 Å². The number of carbonyl (C=O) groups is 1. The smallest absolute Gasteiger partial charge is 0.260 e. The highest BCUT2D eigenvalue weighted by Gasteiger charge is 2.14. The highest BCUT2D eigenvalue weighted by atomic mass is 79.9. The van der Waals surface area contributed by atoms with Crippen LogP contribution in [0.2, 0.25) is 0 Å². The van der Waals surface area contributed by atoms with Crippen LogP contribution < -0.4 is 15.8 Å². The molecule has 4 nitrogen and oxygen atoms in total. The van der Waals surface area contributed by atoms with Gasteiger partial charge in [-0.3, -0.25) is 4.79 Å². The SMILES string of the molecule is CC(N)CCNC(=O)C(C)Oc1cccc(Br)c1. The molecule has 1 amide bonds. The number of carbonyl (C=O) groups excluding carboxylic acids is 1. The summed E-state index contributed by atoms with van der Waals surface area (Å²) >= 11 is 3.35. The van der Waals surface area contributed by atoms with Crippen LogP contribution in [0, 0.1) is 0 Å². The molecule has 0 aliphatic rings. The summed E-state index contributed by atoms with van der Waals surface area (Å²) < 4.78 is 6.46. The van der Waals surface area contributed by atoms with E-state index in [4.69, 9.17) is 10.5 Å². The van der Waals surface area contributed by atoms with Gasteiger partial charge in [-0.05, 0) is 38.5 Å². The predicted molar refractivity (Wildman–Crippen MR) is 75.5 cm³/mol. The maximum atomic E-state index is 11.7. The minimum absolute atomic E-state index is 0.0894. The summed E-state index contributed by atoms with van der Waals surface area (Å²) in [5.41, 5.74) is 5.61. The fraction of sp³-hybridized carbons (Fsp3) is 0.462. The van der Waals surface area contributed by atoms with E-state index >= 15 is 0 Å². The molecule has 0 saturated heterocycles. The molecule has 100 valence electrons. The van der Waals surface area contributed by atoms with Crippen LogP contribution in [-0.2, 0) is 4.79 Å². The van der Waals surface area contributed by atoms with Gasteiger partial charge in [0.15, 0.2) is 6.10 Å². The number of amides is 1. The molecule has 0 aliphatic heterocycles. The van der Waals surface area contributed by atoms with Gasteiger partial charge in [0.05, 0.1) is 0 Å². The fourth-order valence-electron chi connectivity index (χ4n) is 1.36. The first-order chi connectivity index (χ1) is 8.49. The lowest BCUT2D eigenvalue weighted by Crippen LogP contribution is -2.38. The van der Waals surface area contributed by atoms with Crippen molar-refractivity contribution in [2.75, 3.05) is 6.54 Å². The molecule has 0 fully saturated rings. The van der Waals surface area contributed by atoms with Crippen molar-refractivity contribution >= 4 is 21.8 Å². The molecule has 0 radical (unpaired) electrons. The van der Waals surface area contributed by atoms with Gasteiger partial charge >= 0.3 is 0 Å². The topological polar surface area (TPSA) is 64.3 Å². The Balaban J connectivity index is 2.40. The van der Waals surface area contributed by atoms with Crippen LogP contribution >= 0.6 is 15.9 Å². The van der Waals surface area contributed by atoms with E-state index in [-0.39, 0.29) is 11.9 Å². The average Bonchev–Trinajstić information content (AvgIpc) is 2.28. The van der Waals surface area contributed by atoms with Crippen molar-refractivity contribution in [3.8, 4) is 5.75 Å². The standard InChI is InChI=1S/C13H19BrN2O2/c1-9(15)6-7-16-13(17)10(2)18-12-5-3-4-11(14)8-12/h3-5,8-10H,6-7,15H2,1-2H3,(H,16,17). The predicted octanol–water partition coefficient (Wildman–Crippen LogP) is 2.07. The summed E-state index contributed by atoms with van der Waals surface area (Å²) in [5, 5.41) is 2.79. The highest BCUT2D eigenvalue weighted by molar-refractivity contribution is 9.10. The third kappa shape index (κ3) is 5.51. The van der Waals surface area contributed by atoms with Crippen molar-refractivity contribution in [1.29, 1.82) is 0 Å². The zero-order valence-corrected chi connectivity index (χ0v) is 12.2. The van der Waals surface area contributed by atoms with Crippen LogP contribution in [0.5, 0.6) is 5.75 Å². The number of rotatable bonds is 6. The minimum Gasteiger partial charge on any atom is -0.481 e. The Kier molecular flexibility index (Phi) is 6.15. The van der Waals surface area contributed by atoms with Crippen molar-refractivity contribution in [3.05, 3.63) is 28.7 Å². The Morgan fingerprint density at radius 3 is 2.83 bits per heavy atom. The lowest BCUT2D eigenvalue weighted by atomic mass is 10.2. The molecule has 0 aromatic heterocycles. The quantitative estimate of drug-likeness (QED) is 0.845. The van der Waals surface area contributed by atoms with Gasteiger partial charge in [0.2, 0.25) is 0 Å². The number of ether oxygens (including phenoxy) is 1. The monoisotopic (exact) mass is 314 g/mol. The zero-order chi connectivity index (χ0) is 13.5. The van der Waals surface area contributed by atoms with E-state index in [0.717, 1.165) is 10.9 Å². The average molecular weight is 315 g/mol. The van der Waals surface area contributed by atoms with Crippen molar-refractivity contribution in [2.24, 2.45) is 5.73 Å². The molecular formula is C13H19BrN2O2. The summed E-state index contributed by atoms with van der Waals surface area (Å²) in [5.74, 6) is 0.537. The molecular weight excluding hydrogens is 296 g/mol. The van der Waals surface area contributed by atoms with E-state index in [2.05, 4.69) is 21.2 Å². The largest absolute Gasteiger partial charge is 0.481 e. The van der Waals surface area contributed by atoms with Gasteiger partial charge in [-0.15, -0.1) is 0 Å². The van der Waals surface area contributed by atoms with E-state index in [1.807, 2.05) is 31.2 Å². The molecule has 0 bridgehead atoms. The Morgan fingerprint density at radius 1 is 1.50 bits per heavy atom. The van der Waals surface area contributed by atoms with Gasteiger partial charge < -0.3 is 15.8 Å². The maximum Gasteiger partial charge on any atom is 0.260 e. The van der Waals surface area contributed by atoms with Crippen LogP contribution in [0.4, 0.5) is 0 Å². The maximum absolute atomic E-state index is 11.7. The molecule has 0 saturated carbocycles. The summed E-state index contributed by atoms with van der Waals surface area (Å²) in [6.07, 6.45) is 0.238. The molecule has 0 aliphatic carbocycles. The van der Waals surface area contributed by atoms with Crippen LogP contribution in [0.1, 0.15) is 20.3 Å². The number of hydrogen-bond donors (Lipinski definition) is 2. The van der Waals surface area contributed by atoms with Crippen LogP contribution in [-0.4, -0.2) is 24.6 Å². The Morgan fingerprint density at radius 2 is 2.22 bits per heavy atom. The third-order valence-corrected chi connectivity index (χ3v) is 2.87.